The molecule has 109 heavy (non-hydrogen) atoms. The van der Waals surface area contributed by atoms with Crippen molar-refractivity contribution in [3.05, 3.63) is 161 Å². The van der Waals surface area contributed by atoms with Gasteiger partial charge in [0, 0.05) is 103 Å². The van der Waals surface area contributed by atoms with Crippen molar-refractivity contribution in [2.75, 3.05) is 194 Å². The van der Waals surface area contributed by atoms with Crippen LogP contribution >= 0.6 is 0 Å². The fourth-order valence-electron chi connectivity index (χ4n) is 11.8. The number of ether oxygens (including phenoxy) is 2. The number of rotatable bonds is 45. The lowest BCUT2D eigenvalue weighted by atomic mass is 10.1. The van der Waals surface area contributed by atoms with Crippen LogP contribution in [0.25, 0.3) is 0 Å². The Balaban J connectivity index is 0.000000293. The molecule has 3 aromatic carbocycles. The lowest BCUT2D eigenvalue weighted by molar-refractivity contribution is 0.0909. The van der Waals surface area contributed by atoms with Gasteiger partial charge in [-0.15, -0.1) is 0 Å². The number of hydrogen-bond acceptors (Lipinski definition) is 22. The third kappa shape index (κ3) is 31.3. The van der Waals surface area contributed by atoms with Gasteiger partial charge in [-0.25, -0.2) is 40.2 Å². The number of anilines is 6. The minimum atomic E-state index is -3.64. The Hall–Kier alpha value is -8.11. The van der Waals surface area contributed by atoms with Crippen LogP contribution in [0.4, 0.5) is 34.9 Å². The van der Waals surface area contributed by atoms with Gasteiger partial charge in [-0.1, -0.05) is 119 Å². The number of hydrogen-bond donors (Lipinski definition) is 6. The highest BCUT2D eigenvalue weighted by Gasteiger charge is 2.35. The number of aliphatic hydroxyl groups is 3. The number of pyridine rings is 3. The molecular formula is C78H120N14O14S3. The first-order valence-electron chi connectivity index (χ1n) is 37.2. The second-order valence-electron chi connectivity index (χ2n) is 27.9. The van der Waals surface area contributed by atoms with E-state index in [0.29, 0.717) is 125 Å². The van der Waals surface area contributed by atoms with Crippen LogP contribution in [0.3, 0.4) is 0 Å². The average Bonchev–Trinajstić information content (AvgIpc) is 1.56. The molecule has 0 spiro atoms. The highest BCUT2D eigenvalue weighted by molar-refractivity contribution is 7.92. The van der Waals surface area contributed by atoms with Gasteiger partial charge in [0.05, 0.1) is 69.9 Å². The topological polar surface area (TPSA) is 333 Å². The molecule has 3 aromatic heterocycles. The van der Waals surface area contributed by atoms with Crippen LogP contribution in [-0.4, -0.2) is 267 Å². The van der Waals surface area contributed by atoms with Gasteiger partial charge in [-0.2, -0.15) is 0 Å². The lowest BCUT2D eigenvalue weighted by Crippen LogP contribution is -2.40. The number of nitrogens with one attached hydrogen (secondary N) is 3. The van der Waals surface area contributed by atoms with Crippen LogP contribution in [-0.2, 0) is 58.8 Å². The Bertz CT molecular complexity index is 4080. The van der Waals surface area contributed by atoms with Gasteiger partial charge in [-0.05, 0) is 145 Å². The predicted octanol–water partition coefficient (Wildman–Crippen LogP) is 6.28. The smallest absolute Gasteiger partial charge is 0.251 e. The fourth-order valence-corrected chi connectivity index (χ4v) is 14.6. The van der Waals surface area contributed by atoms with Crippen molar-refractivity contribution >= 4 is 82.7 Å². The number of amides is 3. The summed E-state index contributed by atoms with van der Waals surface area (Å²) in [5, 5.41) is 38.4. The van der Waals surface area contributed by atoms with Crippen LogP contribution in [0.2, 0.25) is 0 Å². The van der Waals surface area contributed by atoms with E-state index in [0.717, 1.165) is 61.5 Å². The van der Waals surface area contributed by atoms with E-state index in [1.54, 1.807) is 32.4 Å². The predicted molar refractivity (Wildman–Crippen MR) is 436 cm³/mol. The molecule has 7 rings (SSSR count). The third-order valence-corrected chi connectivity index (χ3v) is 21.4. The van der Waals surface area contributed by atoms with Gasteiger partial charge in [-0.3, -0.25) is 27.3 Å². The first kappa shape index (κ1) is 91.5. The zero-order chi connectivity index (χ0) is 80.4. The monoisotopic (exact) mass is 1570 g/mol. The van der Waals surface area contributed by atoms with Crippen LogP contribution in [0.5, 0.6) is 0 Å². The molecule has 1 saturated carbocycles. The van der Waals surface area contributed by atoms with Crippen LogP contribution in [0.1, 0.15) is 108 Å². The Morgan fingerprint density at radius 1 is 0.440 bits per heavy atom. The van der Waals surface area contributed by atoms with Gasteiger partial charge >= 0.3 is 0 Å². The average molecular weight is 1570 g/mol. The number of carbonyl (C=O) groups is 3. The molecule has 0 radical (unpaired) electrons. The van der Waals surface area contributed by atoms with Gasteiger partial charge in [0.15, 0.2) is 0 Å². The first-order chi connectivity index (χ1) is 51.8. The van der Waals surface area contributed by atoms with Crippen molar-refractivity contribution in [3.63, 3.8) is 0 Å². The first-order valence-corrected chi connectivity index (χ1v) is 42.8. The normalized spacial score (nSPS) is 14.2. The Morgan fingerprint density at radius 3 is 0.982 bits per heavy atom. The molecule has 0 aliphatic heterocycles. The third-order valence-electron chi connectivity index (χ3n) is 17.9. The molecule has 3 amide bonds. The van der Waals surface area contributed by atoms with Crippen LogP contribution < -0.4 is 43.6 Å². The van der Waals surface area contributed by atoms with Gasteiger partial charge in [0.25, 0.3) is 17.7 Å². The molecule has 604 valence electrons. The summed E-state index contributed by atoms with van der Waals surface area (Å²) in [6, 6.07) is 36.9. The maximum absolute atomic E-state index is 13.5. The zero-order valence-electron chi connectivity index (χ0n) is 66.3. The Morgan fingerprint density at radius 2 is 0.725 bits per heavy atom. The second kappa shape index (κ2) is 45.9. The molecule has 31 heteroatoms. The number of benzene rings is 3. The molecule has 28 nitrogen and oxygen atoms in total. The molecule has 6 aromatic rings. The lowest BCUT2D eigenvalue weighted by Gasteiger charge is -2.28. The van der Waals surface area contributed by atoms with Crippen molar-refractivity contribution in [1.29, 1.82) is 0 Å². The molecule has 1 aliphatic carbocycles. The largest absolute Gasteiger partial charge is 0.394 e. The molecule has 6 N–H and O–H groups in total. The van der Waals surface area contributed by atoms with E-state index in [2.05, 4.69) is 47.5 Å². The second-order valence-corrected chi connectivity index (χ2v) is 33.6. The van der Waals surface area contributed by atoms with Crippen molar-refractivity contribution in [2.45, 2.75) is 97.7 Å². The van der Waals surface area contributed by atoms with Gasteiger partial charge < -0.3 is 65.2 Å². The van der Waals surface area contributed by atoms with E-state index in [1.807, 2.05) is 157 Å². The van der Waals surface area contributed by atoms with E-state index in [1.165, 1.54) is 31.1 Å². The van der Waals surface area contributed by atoms with Crippen molar-refractivity contribution in [3.8, 4) is 0 Å². The molecule has 0 bridgehead atoms. The van der Waals surface area contributed by atoms with E-state index in [-0.39, 0.29) is 68.4 Å². The summed E-state index contributed by atoms with van der Waals surface area (Å²) in [7, 11) is 0.314. The minimum Gasteiger partial charge on any atom is -0.394 e. The Labute approximate surface area is 648 Å². The summed E-state index contributed by atoms with van der Waals surface area (Å²) in [6.45, 7) is 16.1. The number of aromatic nitrogens is 3. The molecule has 1 fully saturated rings. The highest BCUT2D eigenvalue weighted by Crippen LogP contribution is 2.39. The summed E-state index contributed by atoms with van der Waals surface area (Å²) < 4.78 is 89.7. The van der Waals surface area contributed by atoms with Gasteiger partial charge in [0.1, 0.15) is 34.9 Å². The zero-order valence-corrected chi connectivity index (χ0v) is 68.7. The van der Waals surface area contributed by atoms with E-state index < -0.39 is 60.0 Å². The number of sulfonamides is 3. The summed E-state index contributed by atoms with van der Waals surface area (Å²) in [6.07, 6.45) is 7.75. The quantitative estimate of drug-likeness (QED) is 0.0245. The molecular weight excluding hydrogens is 1450 g/mol. The highest BCUT2D eigenvalue weighted by atomic mass is 32.2. The maximum atomic E-state index is 13.5. The van der Waals surface area contributed by atoms with E-state index >= 15 is 0 Å². The number of methoxy groups -OCH3 is 2. The number of nitrogens with zero attached hydrogens (tertiary/aromatic N) is 11. The summed E-state index contributed by atoms with van der Waals surface area (Å²) in [4.78, 5) is 64.3. The molecule has 1 aliphatic rings. The molecule has 5 atom stereocenters. The minimum absolute atomic E-state index is 0.158. The fraction of sp³-hybridized carbons (Fsp3) is 0.538. The number of carbonyl (C=O) groups excluding carboxylic acids is 3. The van der Waals surface area contributed by atoms with Crippen LogP contribution in [0, 0.1) is 11.8 Å². The van der Waals surface area contributed by atoms with Crippen LogP contribution in [0.15, 0.2) is 127 Å². The Kier molecular flexibility index (Phi) is 38.5. The number of likely N-dealkylation sites (N-methyl/N-ethyl adjacent to an activating group) is 3. The van der Waals surface area contributed by atoms with E-state index in [9.17, 15) is 55.0 Å². The van der Waals surface area contributed by atoms with Crippen molar-refractivity contribution in [2.24, 2.45) is 11.8 Å². The van der Waals surface area contributed by atoms with Crippen molar-refractivity contribution < 1.29 is 64.4 Å². The SMILES string of the molecule is CCCN(c1cc(C(=O)N[C@H](CO)Cc2ccccc2)cc(N(CC)CCN(C)C)n1)S(C)(=O)=O.CCCN(c1cc(C(=O)N[C@H](CO)Cc2ccccc2)cc(N(CCN(C)C)CC2CC2C)n1)S(C)(=O)=O.CCCN(c1cc(C(=O)N[C@H](CO)Cc2ccccc2)cc(N(CCOC)CCOC)n1)S(C)(=O)=O. The van der Waals surface area contributed by atoms with Gasteiger partial charge in [0.2, 0.25) is 30.1 Å². The van der Waals surface area contributed by atoms with E-state index in [4.69, 9.17) is 14.5 Å². The molecule has 0 saturated heterocycles. The standard InChI is InChI=1S/C28H43N5O4S.C25H39N5O4S.C25H38N4O6S/c1-6-12-33(38(5,36)37)27-18-23(28(35)29-25(20-34)16-22-10-8-7-9-11-22)17-26(30-27)32(14-13-31(3)4)19-24-15-21(24)2;1-6-13-30(35(5,33)34)24-18-21(17-23(27-24)29(7-2)15-14-28(3)4)25(32)26-22(19-31)16-20-11-9-8-10-12-20;1-5-11-29(36(4,32)33)24-18-21(17-23(27-24)28(12-14-34-2)13-15-35-3)25(31)26-22(19-30)16-20-9-7-6-8-10-20/h7-11,17-18,21,24-25,34H,6,12-16,19-20H2,1-5H3,(H,29,35);8-12,17-18,22,31H,6-7,13-16,19H2,1-5H3,(H,26,32);6-10,17-18,22,30H,5,11-16,19H2,1-4H3,(H,26,31)/t21?,24?,25-;2*22-/m000/s1. The molecule has 2 unspecified atom stereocenters. The summed E-state index contributed by atoms with van der Waals surface area (Å²) in [5.74, 6) is 2.14. The molecule has 3 heterocycles. The maximum Gasteiger partial charge on any atom is 0.251 e. The number of aliphatic hydroxyl groups excluding tert-OH is 3. The summed E-state index contributed by atoms with van der Waals surface area (Å²) in [5.41, 5.74) is 3.83. The summed E-state index contributed by atoms with van der Waals surface area (Å²) >= 11 is 0. The van der Waals surface area contributed by atoms with Crippen molar-refractivity contribution in [1.82, 2.24) is 40.7 Å².